The van der Waals surface area contributed by atoms with Gasteiger partial charge in [-0.3, -0.25) is 9.59 Å². The highest BCUT2D eigenvalue weighted by atomic mass is 32.2. The molecular weight excluding hydrogens is 585 g/mol. The van der Waals surface area contributed by atoms with Gasteiger partial charge in [0.05, 0.1) is 23.3 Å². The van der Waals surface area contributed by atoms with Crippen LogP contribution in [0.15, 0.2) is 83.8 Å². The van der Waals surface area contributed by atoms with Gasteiger partial charge in [-0.15, -0.1) is 23.1 Å². The Bertz CT molecular complexity index is 1670. The summed E-state index contributed by atoms with van der Waals surface area (Å²) in [6.07, 6.45) is 3.68. The van der Waals surface area contributed by atoms with Crippen LogP contribution in [-0.2, 0) is 22.4 Å². The van der Waals surface area contributed by atoms with Gasteiger partial charge in [0.2, 0.25) is 5.91 Å². The van der Waals surface area contributed by atoms with Crippen molar-refractivity contribution in [1.82, 2.24) is 0 Å². The highest BCUT2D eigenvalue weighted by molar-refractivity contribution is 8.00. The molecule has 3 N–H and O–H groups in total. The molecule has 5 rings (SSSR count). The standard InChI is InChI=1S/C33H30N2O6S2/c1-2-41-33(40)27-25-17-8-9-18-26(25)43-31(27)35-30(37)28(20-11-4-3-5-12-20)42-22-14-10-13-21(19-22)34-29(36)23-15-6-7-16-24(23)32(38)39/h3-7,10-16,19,28H,2,8-9,17-18H2,1H3,(H,34,36)(H,35,37)(H,38,39). The van der Waals surface area contributed by atoms with Crippen LogP contribution in [0.25, 0.3) is 0 Å². The Morgan fingerprint density at radius 2 is 1.63 bits per heavy atom. The summed E-state index contributed by atoms with van der Waals surface area (Å²) < 4.78 is 5.36. The van der Waals surface area contributed by atoms with Crippen LogP contribution in [-0.4, -0.2) is 35.5 Å². The summed E-state index contributed by atoms with van der Waals surface area (Å²) >= 11 is 2.75. The number of carboxylic acids is 1. The fraction of sp³-hybridized carbons (Fsp3) is 0.212. The lowest BCUT2D eigenvalue weighted by Gasteiger charge is -2.18. The van der Waals surface area contributed by atoms with Crippen molar-refractivity contribution in [3.8, 4) is 0 Å². The van der Waals surface area contributed by atoms with E-state index in [1.165, 1.54) is 35.2 Å². The van der Waals surface area contributed by atoms with E-state index in [1.54, 1.807) is 37.3 Å². The number of hydrogen-bond acceptors (Lipinski definition) is 7. The van der Waals surface area contributed by atoms with E-state index in [9.17, 15) is 24.3 Å². The molecule has 0 radical (unpaired) electrons. The Hall–Kier alpha value is -4.41. The summed E-state index contributed by atoms with van der Waals surface area (Å²) in [6.45, 7) is 2.01. The first-order chi connectivity index (χ1) is 20.9. The second-order valence-corrected chi connectivity index (χ2v) is 12.1. The van der Waals surface area contributed by atoms with Gasteiger partial charge in [-0.2, -0.15) is 0 Å². The van der Waals surface area contributed by atoms with Gasteiger partial charge in [0.15, 0.2) is 0 Å². The quantitative estimate of drug-likeness (QED) is 0.127. The zero-order valence-corrected chi connectivity index (χ0v) is 25.1. The summed E-state index contributed by atoms with van der Waals surface area (Å²) in [4.78, 5) is 53.2. The van der Waals surface area contributed by atoms with Crippen molar-refractivity contribution in [2.45, 2.75) is 42.8 Å². The van der Waals surface area contributed by atoms with Crippen molar-refractivity contribution in [2.75, 3.05) is 17.2 Å². The van der Waals surface area contributed by atoms with Gasteiger partial charge < -0.3 is 20.5 Å². The molecule has 1 heterocycles. The second kappa shape index (κ2) is 13.7. The fourth-order valence-electron chi connectivity index (χ4n) is 5.00. The van der Waals surface area contributed by atoms with Gasteiger partial charge in [-0.25, -0.2) is 9.59 Å². The van der Waals surface area contributed by atoms with Crippen LogP contribution >= 0.6 is 23.1 Å². The molecule has 1 aliphatic rings. The largest absolute Gasteiger partial charge is 0.478 e. The second-order valence-electron chi connectivity index (χ2n) is 9.87. The molecule has 0 spiro atoms. The molecular formula is C33H30N2O6S2. The number of nitrogens with one attached hydrogen (secondary N) is 2. The normalized spacial score (nSPS) is 13.0. The van der Waals surface area contributed by atoms with Crippen molar-refractivity contribution in [3.05, 3.63) is 112 Å². The number of benzene rings is 3. The monoisotopic (exact) mass is 614 g/mol. The molecule has 4 aromatic rings. The molecule has 1 aliphatic carbocycles. The van der Waals surface area contributed by atoms with E-state index < -0.39 is 23.1 Å². The third-order valence-electron chi connectivity index (χ3n) is 6.98. The fourth-order valence-corrected chi connectivity index (χ4v) is 7.36. The number of esters is 1. The number of thiophene rings is 1. The summed E-state index contributed by atoms with van der Waals surface area (Å²) in [5.74, 6) is -2.45. The SMILES string of the molecule is CCOC(=O)c1c(NC(=O)C(Sc2cccc(NC(=O)c3ccccc3C(=O)O)c2)c2ccccc2)sc2c1CCCC2. The molecule has 10 heteroatoms. The van der Waals surface area contributed by atoms with Crippen molar-refractivity contribution in [2.24, 2.45) is 0 Å². The average molecular weight is 615 g/mol. The van der Waals surface area contributed by atoms with E-state index in [1.807, 2.05) is 36.4 Å². The van der Waals surface area contributed by atoms with Gasteiger partial charge in [-0.1, -0.05) is 48.5 Å². The van der Waals surface area contributed by atoms with Crippen molar-refractivity contribution in [1.29, 1.82) is 0 Å². The van der Waals surface area contributed by atoms with E-state index >= 15 is 0 Å². The molecule has 3 aromatic carbocycles. The van der Waals surface area contributed by atoms with E-state index in [4.69, 9.17) is 4.74 Å². The lowest BCUT2D eigenvalue weighted by Crippen LogP contribution is -2.20. The Morgan fingerprint density at radius 3 is 2.37 bits per heavy atom. The predicted molar refractivity (Wildman–Crippen MR) is 168 cm³/mol. The van der Waals surface area contributed by atoms with Crippen LogP contribution in [0.1, 0.15) is 72.1 Å². The molecule has 1 atom stereocenters. The number of carbonyl (C=O) groups is 4. The first-order valence-electron chi connectivity index (χ1n) is 13.9. The number of thioether (sulfide) groups is 1. The van der Waals surface area contributed by atoms with E-state index in [-0.39, 0.29) is 23.6 Å². The van der Waals surface area contributed by atoms with Gasteiger partial charge in [0.1, 0.15) is 10.3 Å². The summed E-state index contributed by atoms with van der Waals surface area (Å²) in [5, 5.41) is 15.1. The van der Waals surface area contributed by atoms with Crippen LogP contribution in [0, 0.1) is 0 Å². The molecule has 0 bridgehead atoms. The Balaban J connectivity index is 1.41. The zero-order chi connectivity index (χ0) is 30.3. The van der Waals surface area contributed by atoms with Gasteiger partial charge >= 0.3 is 11.9 Å². The van der Waals surface area contributed by atoms with Crippen molar-refractivity contribution >= 4 is 57.5 Å². The molecule has 0 saturated carbocycles. The minimum Gasteiger partial charge on any atom is -0.478 e. The number of anilines is 2. The lowest BCUT2D eigenvalue weighted by molar-refractivity contribution is -0.115. The summed E-state index contributed by atoms with van der Waals surface area (Å²) in [6, 6.07) is 22.4. The maximum absolute atomic E-state index is 13.9. The number of amides is 2. The highest BCUT2D eigenvalue weighted by Crippen LogP contribution is 2.41. The smallest absolute Gasteiger partial charge is 0.341 e. The number of carbonyl (C=O) groups excluding carboxylic acids is 3. The number of aromatic carboxylic acids is 1. The maximum Gasteiger partial charge on any atom is 0.341 e. The Morgan fingerprint density at radius 1 is 0.907 bits per heavy atom. The maximum atomic E-state index is 13.9. The first kappa shape index (κ1) is 30.1. The number of aryl methyl sites for hydroxylation is 1. The molecule has 1 unspecified atom stereocenters. The number of hydrogen-bond donors (Lipinski definition) is 3. The van der Waals surface area contributed by atoms with Crippen LogP contribution in [0.3, 0.4) is 0 Å². The van der Waals surface area contributed by atoms with E-state index in [0.717, 1.165) is 41.7 Å². The van der Waals surface area contributed by atoms with Crippen molar-refractivity contribution in [3.63, 3.8) is 0 Å². The number of ether oxygens (including phenoxy) is 1. The number of fused-ring (bicyclic) bond motifs is 1. The van der Waals surface area contributed by atoms with Gasteiger partial charge in [-0.05, 0) is 74.1 Å². The molecule has 0 saturated heterocycles. The van der Waals surface area contributed by atoms with Crippen LogP contribution < -0.4 is 10.6 Å². The van der Waals surface area contributed by atoms with Crippen molar-refractivity contribution < 1.29 is 29.0 Å². The lowest BCUT2D eigenvalue weighted by atomic mass is 9.95. The molecule has 0 aliphatic heterocycles. The van der Waals surface area contributed by atoms with Crippen LogP contribution in [0.4, 0.5) is 10.7 Å². The molecule has 220 valence electrons. The summed E-state index contributed by atoms with van der Waals surface area (Å²) in [7, 11) is 0. The zero-order valence-electron chi connectivity index (χ0n) is 23.4. The molecule has 0 fully saturated rings. The minimum atomic E-state index is -1.19. The van der Waals surface area contributed by atoms with Crippen LogP contribution in [0.2, 0.25) is 0 Å². The Kier molecular flexibility index (Phi) is 9.58. The minimum absolute atomic E-state index is 0.0469. The van der Waals surface area contributed by atoms with E-state index in [2.05, 4.69) is 10.6 Å². The molecule has 8 nitrogen and oxygen atoms in total. The van der Waals surface area contributed by atoms with Gasteiger partial charge in [0.25, 0.3) is 5.91 Å². The number of rotatable bonds is 10. The Labute approximate surface area is 257 Å². The highest BCUT2D eigenvalue weighted by Gasteiger charge is 2.30. The predicted octanol–water partition coefficient (Wildman–Crippen LogP) is 7.23. The topological polar surface area (TPSA) is 122 Å². The van der Waals surface area contributed by atoms with E-state index in [0.29, 0.717) is 21.1 Å². The number of carboxylic acid groups (broad SMARTS) is 1. The van der Waals surface area contributed by atoms with Crippen LogP contribution in [0.5, 0.6) is 0 Å². The average Bonchev–Trinajstić information content (AvgIpc) is 3.38. The molecule has 43 heavy (non-hydrogen) atoms. The first-order valence-corrected chi connectivity index (χ1v) is 15.6. The van der Waals surface area contributed by atoms with Gasteiger partial charge in [0, 0.05) is 15.5 Å². The molecule has 1 aromatic heterocycles. The summed E-state index contributed by atoms with van der Waals surface area (Å²) in [5.41, 5.74) is 2.61. The third-order valence-corrected chi connectivity index (χ3v) is 9.43. The molecule has 2 amide bonds. The third kappa shape index (κ3) is 6.98.